The maximum absolute atomic E-state index is 10.9. The van der Waals surface area contributed by atoms with Gasteiger partial charge in [0.25, 0.3) is 0 Å². The van der Waals surface area contributed by atoms with Gasteiger partial charge in [-0.2, -0.15) is 11.8 Å². The Morgan fingerprint density at radius 3 is 2.62 bits per heavy atom. The van der Waals surface area contributed by atoms with Gasteiger partial charge in [-0.05, 0) is 24.3 Å². The van der Waals surface area contributed by atoms with Gasteiger partial charge in [0.2, 0.25) is 0 Å². The van der Waals surface area contributed by atoms with Crippen molar-refractivity contribution in [2.24, 2.45) is 0 Å². The molecule has 0 aromatic heterocycles. The summed E-state index contributed by atoms with van der Waals surface area (Å²) in [7, 11) is 0. The maximum Gasteiger partial charge on any atom is 0.325 e. The van der Waals surface area contributed by atoms with E-state index in [1.54, 1.807) is 6.92 Å². The quantitative estimate of drug-likeness (QED) is 0.771. The van der Waals surface area contributed by atoms with Crippen molar-refractivity contribution in [3.05, 3.63) is 35.9 Å². The maximum atomic E-state index is 10.9. The van der Waals surface area contributed by atoms with E-state index < -0.39 is 11.5 Å². The summed E-state index contributed by atoms with van der Waals surface area (Å²) in [5.74, 6) is 0.256. The molecule has 0 unspecified atom stereocenters. The van der Waals surface area contributed by atoms with E-state index in [0.717, 1.165) is 5.75 Å². The molecule has 16 heavy (non-hydrogen) atoms. The minimum Gasteiger partial charge on any atom is -0.480 e. The number of carboxylic acid groups (broad SMARTS) is 1. The van der Waals surface area contributed by atoms with Crippen molar-refractivity contribution in [3.63, 3.8) is 0 Å². The molecule has 3 nitrogen and oxygen atoms in total. The van der Waals surface area contributed by atoms with Gasteiger partial charge < -0.3 is 5.11 Å². The van der Waals surface area contributed by atoms with Gasteiger partial charge in [-0.15, -0.1) is 0 Å². The van der Waals surface area contributed by atoms with Crippen molar-refractivity contribution in [1.82, 2.24) is 4.84 Å². The zero-order valence-corrected chi connectivity index (χ0v) is 10.5. The highest BCUT2D eigenvalue weighted by atomic mass is 35.5. The zero-order chi connectivity index (χ0) is 12.0. The molecule has 0 aliphatic carbocycles. The average molecular weight is 260 g/mol. The molecule has 0 amide bonds. The Morgan fingerprint density at radius 1 is 1.50 bits per heavy atom. The number of carboxylic acids is 1. The fraction of sp³-hybridized carbons (Fsp3) is 0.364. The lowest BCUT2D eigenvalue weighted by atomic mass is 10.1. The number of nitrogens with one attached hydrogen (secondary N) is 1. The summed E-state index contributed by atoms with van der Waals surface area (Å²) in [5, 5.41) is 8.97. The van der Waals surface area contributed by atoms with Crippen LogP contribution in [0.25, 0.3) is 0 Å². The monoisotopic (exact) mass is 259 g/mol. The molecule has 0 bridgehead atoms. The summed E-state index contributed by atoms with van der Waals surface area (Å²) in [6, 6.07) is 9.91. The van der Waals surface area contributed by atoms with Crippen molar-refractivity contribution in [2.75, 3.05) is 5.75 Å². The van der Waals surface area contributed by atoms with Gasteiger partial charge in [0.1, 0.15) is 5.54 Å². The van der Waals surface area contributed by atoms with Crippen LogP contribution >= 0.6 is 23.5 Å². The number of rotatable bonds is 6. The Bertz CT molecular complexity index is 347. The Balaban J connectivity index is 2.43. The fourth-order valence-corrected chi connectivity index (χ4v) is 2.44. The largest absolute Gasteiger partial charge is 0.480 e. The molecule has 0 saturated heterocycles. The van der Waals surface area contributed by atoms with Gasteiger partial charge in [0.05, 0.1) is 0 Å². The second kappa shape index (κ2) is 6.13. The van der Waals surface area contributed by atoms with Crippen LogP contribution in [0.1, 0.15) is 12.5 Å². The lowest BCUT2D eigenvalue weighted by molar-refractivity contribution is -0.142. The van der Waals surface area contributed by atoms with Gasteiger partial charge in [-0.25, -0.2) is 4.84 Å². The van der Waals surface area contributed by atoms with Gasteiger partial charge in [-0.1, -0.05) is 30.3 Å². The smallest absolute Gasteiger partial charge is 0.325 e. The number of hydrogen-bond acceptors (Lipinski definition) is 3. The molecule has 0 aliphatic heterocycles. The van der Waals surface area contributed by atoms with Crippen LogP contribution in [0.5, 0.6) is 0 Å². The van der Waals surface area contributed by atoms with Crippen LogP contribution in [0, 0.1) is 0 Å². The Morgan fingerprint density at radius 2 is 2.12 bits per heavy atom. The molecule has 0 saturated carbocycles. The topological polar surface area (TPSA) is 49.3 Å². The number of thioether (sulfide) groups is 1. The average Bonchev–Trinajstić information content (AvgIpc) is 2.30. The predicted octanol–water partition coefficient (Wildman–Crippen LogP) is 2.51. The second-order valence-electron chi connectivity index (χ2n) is 3.71. The van der Waals surface area contributed by atoms with Crippen LogP contribution in [0.3, 0.4) is 0 Å². The lowest BCUT2D eigenvalue weighted by Crippen LogP contribution is -2.47. The Labute approximate surface area is 104 Å². The van der Waals surface area contributed by atoms with Crippen LogP contribution < -0.4 is 4.84 Å². The molecular formula is C11H14ClNO2S. The van der Waals surface area contributed by atoms with Crippen LogP contribution in [-0.2, 0) is 10.5 Å². The third kappa shape index (κ3) is 3.70. The van der Waals surface area contributed by atoms with Gasteiger partial charge in [0.15, 0.2) is 0 Å². The fourth-order valence-electron chi connectivity index (χ4n) is 1.08. The number of benzene rings is 1. The zero-order valence-electron chi connectivity index (χ0n) is 8.94. The van der Waals surface area contributed by atoms with Gasteiger partial charge in [-0.3, -0.25) is 4.79 Å². The first-order chi connectivity index (χ1) is 7.58. The number of carbonyl (C=O) groups is 1. The standard InChI is InChI=1S/C11H14ClNO2S/c1-11(13-12,10(14)15)8-16-7-9-5-3-2-4-6-9/h2-6,13H,7-8H2,1H3,(H,14,15)/t11-/m0/s1. The summed E-state index contributed by atoms with van der Waals surface area (Å²) in [6.45, 7) is 1.57. The van der Waals surface area contributed by atoms with E-state index in [0.29, 0.717) is 5.75 Å². The molecule has 0 fully saturated rings. The highest BCUT2D eigenvalue weighted by molar-refractivity contribution is 7.98. The molecule has 2 N–H and O–H groups in total. The second-order valence-corrected chi connectivity index (χ2v) is 4.88. The molecule has 1 rings (SSSR count). The van der Waals surface area contributed by atoms with Crippen molar-refractivity contribution in [1.29, 1.82) is 0 Å². The summed E-state index contributed by atoms with van der Waals surface area (Å²) < 4.78 is 0. The molecule has 0 spiro atoms. The van der Waals surface area contributed by atoms with Crippen LogP contribution in [0.4, 0.5) is 0 Å². The van der Waals surface area contributed by atoms with E-state index >= 15 is 0 Å². The van der Waals surface area contributed by atoms with E-state index in [2.05, 4.69) is 4.84 Å². The highest BCUT2D eigenvalue weighted by Gasteiger charge is 2.31. The molecular weight excluding hydrogens is 246 g/mol. The van der Waals surface area contributed by atoms with Crippen molar-refractivity contribution < 1.29 is 9.90 Å². The predicted molar refractivity (Wildman–Crippen MR) is 67.6 cm³/mol. The Kier molecular flexibility index (Phi) is 5.12. The van der Waals surface area contributed by atoms with Gasteiger partial charge >= 0.3 is 5.97 Å². The van der Waals surface area contributed by atoms with Crippen LogP contribution in [-0.4, -0.2) is 22.4 Å². The number of halogens is 1. The molecule has 88 valence electrons. The minimum absolute atomic E-state index is 0.417. The van der Waals surface area contributed by atoms with E-state index in [1.165, 1.54) is 17.3 Å². The van der Waals surface area contributed by atoms with E-state index in [1.807, 2.05) is 30.3 Å². The molecule has 5 heteroatoms. The van der Waals surface area contributed by atoms with E-state index in [9.17, 15) is 4.79 Å². The van der Waals surface area contributed by atoms with Crippen molar-refractivity contribution in [3.8, 4) is 0 Å². The molecule has 0 radical (unpaired) electrons. The molecule has 1 atom stereocenters. The van der Waals surface area contributed by atoms with Crippen LogP contribution in [0.2, 0.25) is 0 Å². The van der Waals surface area contributed by atoms with Crippen molar-refractivity contribution in [2.45, 2.75) is 18.2 Å². The van der Waals surface area contributed by atoms with Crippen LogP contribution in [0.15, 0.2) is 30.3 Å². The summed E-state index contributed by atoms with van der Waals surface area (Å²) in [6.07, 6.45) is 0. The summed E-state index contributed by atoms with van der Waals surface area (Å²) in [4.78, 5) is 13.3. The first-order valence-electron chi connectivity index (χ1n) is 4.81. The molecule has 1 aromatic carbocycles. The summed E-state index contributed by atoms with van der Waals surface area (Å²) in [5.41, 5.74) is 0.0934. The number of aliphatic carboxylic acids is 1. The minimum atomic E-state index is -1.08. The van der Waals surface area contributed by atoms with Crippen molar-refractivity contribution >= 4 is 29.5 Å². The third-order valence-corrected chi connectivity index (χ3v) is 3.92. The van der Waals surface area contributed by atoms with E-state index in [4.69, 9.17) is 16.9 Å². The molecule has 1 aromatic rings. The number of hydrogen-bond donors (Lipinski definition) is 2. The normalized spacial score (nSPS) is 14.4. The SMILES string of the molecule is C[C@@](CSCc1ccccc1)(NCl)C(=O)O. The Hall–Kier alpha value is -0.710. The van der Waals surface area contributed by atoms with E-state index in [-0.39, 0.29) is 0 Å². The third-order valence-electron chi connectivity index (χ3n) is 2.18. The highest BCUT2D eigenvalue weighted by Crippen LogP contribution is 2.18. The first kappa shape index (κ1) is 13.4. The first-order valence-corrected chi connectivity index (χ1v) is 6.34. The van der Waals surface area contributed by atoms with Gasteiger partial charge in [0, 0.05) is 11.5 Å². The lowest BCUT2D eigenvalue weighted by Gasteiger charge is -2.21. The molecule has 0 heterocycles. The summed E-state index contributed by atoms with van der Waals surface area (Å²) >= 11 is 6.98. The molecule has 0 aliphatic rings.